The molecule has 1 aliphatic rings. The smallest absolute Gasteiger partial charge is 0.297 e. The molecule has 0 radical (unpaired) electrons. The van der Waals surface area contributed by atoms with Crippen molar-refractivity contribution in [2.45, 2.75) is 19.9 Å². The summed E-state index contributed by atoms with van der Waals surface area (Å²) in [5.74, 6) is -0.757. The second kappa shape index (κ2) is 8.07. The molecule has 1 N–H and O–H groups in total. The van der Waals surface area contributed by atoms with Crippen LogP contribution in [0.1, 0.15) is 50.0 Å². The fraction of sp³-hybridized carbons (Fsp3) is 0.167. The number of ether oxygens (including phenoxy) is 1. The number of aromatic nitrogens is 1. The van der Waals surface area contributed by atoms with Crippen LogP contribution in [0.5, 0.6) is 11.5 Å². The Balaban J connectivity index is 1.83. The van der Waals surface area contributed by atoms with Gasteiger partial charge in [0.25, 0.3) is 5.91 Å². The van der Waals surface area contributed by atoms with Gasteiger partial charge in [0.2, 0.25) is 5.76 Å². The first kappa shape index (κ1) is 22.3. The molecule has 0 bridgehead atoms. The highest BCUT2D eigenvalue weighted by molar-refractivity contribution is 9.10. The van der Waals surface area contributed by atoms with Crippen molar-refractivity contribution in [3.05, 3.63) is 78.6 Å². The topological polar surface area (TPSA) is 110 Å². The average molecular weight is 541 g/mol. The number of phenolic OH excluding ortho intramolecular Hbond substituents is 1. The first-order chi connectivity index (χ1) is 16.2. The minimum Gasteiger partial charge on any atom is -0.503 e. The number of Topliss-reactive ketones (excluding diaryl/α,β-unsaturated/α-hetero) is 1. The van der Waals surface area contributed by atoms with E-state index in [1.54, 1.807) is 43.3 Å². The number of rotatable bonds is 4. The quantitative estimate of drug-likeness (QED) is 0.363. The van der Waals surface area contributed by atoms with Gasteiger partial charge in [0, 0.05) is 6.92 Å². The number of hydrogen-bond acceptors (Lipinski definition) is 8. The number of carbonyl (C=O) groups is 2. The third-order valence-corrected chi connectivity index (χ3v) is 7.54. The van der Waals surface area contributed by atoms with Crippen LogP contribution in [-0.2, 0) is 0 Å². The van der Waals surface area contributed by atoms with Gasteiger partial charge < -0.3 is 14.3 Å². The van der Waals surface area contributed by atoms with Gasteiger partial charge in [-0.05, 0) is 52.7 Å². The monoisotopic (exact) mass is 540 g/mol. The van der Waals surface area contributed by atoms with E-state index in [0.29, 0.717) is 31.6 Å². The summed E-state index contributed by atoms with van der Waals surface area (Å²) in [5.41, 5.74) is 1.09. The van der Waals surface area contributed by atoms with Gasteiger partial charge >= 0.3 is 0 Å². The normalized spacial score (nSPS) is 15.1. The third kappa shape index (κ3) is 3.24. The van der Waals surface area contributed by atoms with Crippen molar-refractivity contribution in [2.75, 3.05) is 12.0 Å². The maximum absolute atomic E-state index is 13.7. The molecule has 0 spiro atoms. The Morgan fingerprint density at radius 3 is 2.68 bits per heavy atom. The zero-order valence-electron chi connectivity index (χ0n) is 18.2. The van der Waals surface area contributed by atoms with Crippen molar-refractivity contribution >= 4 is 55.1 Å². The van der Waals surface area contributed by atoms with E-state index in [-0.39, 0.29) is 39.2 Å². The Morgan fingerprint density at radius 2 is 2.00 bits per heavy atom. The van der Waals surface area contributed by atoms with Crippen LogP contribution < -0.4 is 15.1 Å². The number of phenols is 1. The molecule has 0 saturated carbocycles. The molecule has 1 atom stereocenters. The zero-order valence-corrected chi connectivity index (χ0v) is 20.6. The minimum absolute atomic E-state index is 0.0888. The standard InChI is InChI=1S/C24H17BrN2O6S/c1-10-22(11(2)28)34-24(26-10)27-18(12-8-14(25)20(30)16(9-12)32-3)17-19(29)13-6-4-5-7-15(13)33-21(17)23(27)31/h4-9,18,30H,1-3H3. The SMILES string of the molecule is COc1cc(C2c3c(oc4ccccc4c3=O)C(=O)N2c2nc(C)c(C(C)=O)s2)cc(Br)c1O. The van der Waals surface area contributed by atoms with E-state index in [4.69, 9.17) is 9.15 Å². The first-order valence-corrected chi connectivity index (χ1v) is 11.8. The predicted molar refractivity (Wildman–Crippen MR) is 130 cm³/mol. The number of nitrogens with zero attached hydrogens (tertiary/aromatic N) is 2. The van der Waals surface area contributed by atoms with E-state index in [1.807, 2.05) is 0 Å². The molecule has 5 rings (SSSR count). The van der Waals surface area contributed by atoms with Crippen LogP contribution in [0.15, 0.2) is 50.1 Å². The van der Waals surface area contributed by atoms with Crippen molar-refractivity contribution < 1.29 is 23.8 Å². The molecule has 8 nitrogen and oxygen atoms in total. The molecule has 4 aromatic rings. The Morgan fingerprint density at radius 1 is 1.26 bits per heavy atom. The summed E-state index contributed by atoms with van der Waals surface area (Å²) >= 11 is 4.39. The number of benzene rings is 2. The highest BCUT2D eigenvalue weighted by Gasteiger charge is 2.45. The van der Waals surface area contributed by atoms with Crippen molar-refractivity contribution in [3.63, 3.8) is 0 Å². The average Bonchev–Trinajstić information content (AvgIpc) is 3.33. The Kier molecular flexibility index (Phi) is 5.29. The number of amides is 1. The van der Waals surface area contributed by atoms with Gasteiger partial charge in [-0.15, -0.1) is 0 Å². The van der Waals surface area contributed by atoms with Crippen LogP contribution in [0.3, 0.4) is 0 Å². The number of carbonyl (C=O) groups excluding carboxylic acids is 2. The molecule has 0 saturated heterocycles. The molecule has 1 unspecified atom stereocenters. The number of aryl methyl sites for hydroxylation is 1. The summed E-state index contributed by atoms with van der Waals surface area (Å²) in [6.45, 7) is 3.12. The van der Waals surface area contributed by atoms with Gasteiger partial charge in [-0.2, -0.15) is 0 Å². The highest BCUT2D eigenvalue weighted by Crippen LogP contribution is 2.46. The van der Waals surface area contributed by atoms with Gasteiger partial charge in [-0.3, -0.25) is 19.3 Å². The molecule has 1 amide bonds. The molecule has 2 aromatic heterocycles. The summed E-state index contributed by atoms with van der Waals surface area (Å²) in [4.78, 5) is 45.6. The van der Waals surface area contributed by atoms with Crippen LogP contribution in [0.4, 0.5) is 5.13 Å². The van der Waals surface area contributed by atoms with Crippen LogP contribution in [0, 0.1) is 6.92 Å². The largest absolute Gasteiger partial charge is 0.503 e. The molecular formula is C24H17BrN2O6S. The molecular weight excluding hydrogens is 524 g/mol. The van der Waals surface area contributed by atoms with E-state index in [2.05, 4.69) is 20.9 Å². The number of halogens is 1. The van der Waals surface area contributed by atoms with Gasteiger partial charge in [0.1, 0.15) is 5.58 Å². The van der Waals surface area contributed by atoms with Gasteiger partial charge in [-0.25, -0.2) is 4.98 Å². The number of fused-ring (bicyclic) bond motifs is 2. The van der Waals surface area contributed by atoms with Crippen molar-refractivity contribution in [3.8, 4) is 11.5 Å². The zero-order chi connectivity index (χ0) is 24.3. The predicted octanol–water partition coefficient (Wildman–Crippen LogP) is 4.99. The lowest BCUT2D eigenvalue weighted by atomic mass is 9.98. The maximum atomic E-state index is 13.7. The van der Waals surface area contributed by atoms with E-state index >= 15 is 0 Å². The molecule has 34 heavy (non-hydrogen) atoms. The summed E-state index contributed by atoms with van der Waals surface area (Å²) < 4.78 is 11.5. The third-order valence-electron chi connectivity index (χ3n) is 5.68. The van der Waals surface area contributed by atoms with Gasteiger partial charge in [-0.1, -0.05) is 23.5 Å². The maximum Gasteiger partial charge on any atom is 0.297 e. The van der Waals surface area contributed by atoms with E-state index in [0.717, 1.165) is 11.3 Å². The number of para-hydroxylation sites is 1. The van der Waals surface area contributed by atoms with Crippen LogP contribution >= 0.6 is 27.3 Å². The van der Waals surface area contributed by atoms with E-state index in [9.17, 15) is 19.5 Å². The molecule has 172 valence electrons. The number of thiazole rings is 1. The lowest BCUT2D eigenvalue weighted by molar-refractivity contribution is 0.0969. The number of anilines is 1. The van der Waals surface area contributed by atoms with Crippen LogP contribution in [-0.4, -0.2) is 28.9 Å². The van der Waals surface area contributed by atoms with E-state index < -0.39 is 11.9 Å². The lowest BCUT2D eigenvalue weighted by Gasteiger charge is -2.23. The fourth-order valence-corrected chi connectivity index (χ4v) is 5.60. The molecule has 1 aliphatic heterocycles. The van der Waals surface area contributed by atoms with Gasteiger partial charge in [0.15, 0.2) is 27.8 Å². The first-order valence-electron chi connectivity index (χ1n) is 10.2. The fourth-order valence-electron chi connectivity index (χ4n) is 4.15. The lowest BCUT2D eigenvalue weighted by Crippen LogP contribution is -2.29. The number of methoxy groups -OCH3 is 1. The number of hydrogen-bond donors (Lipinski definition) is 1. The van der Waals surface area contributed by atoms with E-state index in [1.165, 1.54) is 18.9 Å². The molecule has 0 aliphatic carbocycles. The second-order valence-corrected chi connectivity index (χ2v) is 9.60. The van der Waals surface area contributed by atoms with Crippen molar-refractivity contribution in [2.24, 2.45) is 0 Å². The Hall–Kier alpha value is -3.50. The summed E-state index contributed by atoms with van der Waals surface area (Å²) in [7, 11) is 1.40. The number of aromatic hydroxyl groups is 1. The van der Waals surface area contributed by atoms with Crippen molar-refractivity contribution in [1.29, 1.82) is 0 Å². The molecule has 3 heterocycles. The Bertz CT molecular complexity index is 1570. The summed E-state index contributed by atoms with van der Waals surface area (Å²) in [6.07, 6.45) is 0. The van der Waals surface area contributed by atoms with Crippen LogP contribution in [0.2, 0.25) is 0 Å². The summed E-state index contributed by atoms with van der Waals surface area (Å²) in [6, 6.07) is 8.96. The van der Waals surface area contributed by atoms with Gasteiger partial charge in [0.05, 0.1) is 39.1 Å². The summed E-state index contributed by atoms with van der Waals surface area (Å²) in [5, 5.41) is 10.9. The highest BCUT2D eigenvalue weighted by atomic mass is 79.9. The molecule has 0 fully saturated rings. The Labute approximate surface area is 205 Å². The minimum atomic E-state index is -0.917. The molecule has 10 heteroatoms. The number of ketones is 1. The van der Waals surface area contributed by atoms with Crippen LogP contribution in [0.25, 0.3) is 11.0 Å². The van der Waals surface area contributed by atoms with Crippen molar-refractivity contribution in [1.82, 2.24) is 4.98 Å². The molecule has 2 aromatic carbocycles. The second-order valence-electron chi connectivity index (χ2n) is 7.77.